The van der Waals surface area contributed by atoms with Crippen molar-refractivity contribution in [3.05, 3.63) is 46.4 Å². The molecule has 0 N–H and O–H groups in total. The van der Waals surface area contributed by atoms with Crippen LogP contribution in [0.3, 0.4) is 0 Å². The number of likely N-dealkylation sites (N-methyl/N-ethyl adjacent to an activating group) is 1. The van der Waals surface area contributed by atoms with E-state index in [9.17, 15) is 9.59 Å². The van der Waals surface area contributed by atoms with Crippen LogP contribution in [0.25, 0.3) is 0 Å². The molecule has 1 aliphatic carbocycles. The normalized spacial score (nSPS) is 27.0. The van der Waals surface area contributed by atoms with Crippen LogP contribution in [0.15, 0.2) is 35.8 Å². The number of aromatic nitrogens is 1. The molecular formula is C37H53ClN6O3S. The molecule has 1 saturated carbocycles. The number of likely N-dealkylation sites (tertiary alicyclic amines) is 1. The van der Waals surface area contributed by atoms with Crippen LogP contribution in [-0.2, 0) is 14.4 Å². The molecule has 0 spiro atoms. The molecule has 4 aliphatic rings. The van der Waals surface area contributed by atoms with Crippen LogP contribution in [0.2, 0.25) is 5.02 Å². The Morgan fingerprint density at radius 3 is 2.21 bits per heavy atom. The summed E-state index contributed by atoms with van der Waals surface area (Å²) in [4.78, 5) is 58.7. The van der Waals surface area contributed by atoms with E-state index in [1.165, 1.54) is 0 Å². The Bertz CT molecular complexity index is 1440. The number of rotatable bonds is 6. The predicted molar refractivity (Wildman–Crippen MR) is 192 cm³/mol. The molecule has 3 saturated heterocycles. The molecule has 6 rings (SSSR count). The van der Waals surface area contributed by atoms with E-state index in [4.69, 9.17) is 11.6 Å². The summed E-state index contributed by atoms with van der Waals surface area (Å²) < 4.78 is 0. The number of piperazine rings is 1. The smallest absolute Gasteiger partial charge is 0.245 e. The maximum atomic E-state index is 15.0. The molecule has 4 heterocycles. The number of benzene rings is 1. The molecule has 4 fully saturated rings. The number of carbonyl (C=O) groups excluding carboxylic acids is 3. The van der Waals surface area contributed by atoms with Gasteiger partial charge in [-0.1, -0.05) is 58.4 Å². The average molecular weight is 697 g/mol. The lowest BCUT2D eigenvalue weighted by Gasteiger charge is -2.45. The molecular weight excluding hydrogens is 644 g/mol. The first-order chi connectivity index (χ1) is 22.7. The molecule has 48 heavy (non-hydrogen) atoms. The fraction of sp³-hybridized carbons (Fsp3) is 0.676. The Morgan fingerprint density at radius 1 is 0.938 bits per heavy atom. The van der Waals surface area contributed by atoms with E-state index in [1.807, 2.05) is 60.2 Å². The van der Waals surface area contributed by atoms with Gasteiger partial charge in [0.25, 0.3) is 0 Å². The maximum Gasteiger partial charge on any atom is 0.245 e. The van der Waals surface area contributed by atoms with Crippen LogP contribution in [0.5, 0.6) is 0 Å². The Kier molecular flexibility index (Phi) is 10.2. The van der Waals surface area contributed by atoms with E-state index in [0.717, 1.165) is 49.5 Å². The van der Waals surface area contributed by atoms with E-state index >= 15 is 4.79 Å². The van der Waals surface area contributed by atoms with Gasteiger partial charge in [0.1, 0.15) is 6.04 Å². The van der Waals surface area contributed by atoms with E-state index in [-0.39, 0.29) is 47.1 Å². The number of carbonyl (C=O) groups is 3. The summed E-state index contributed by atoms with van der Waals surface area (Å²) in [7, 11) is 2.08. The minimum absolute atomic E-state index is 0.00285. The van der Waals surface area contributed by atoms with Gasteiger partial charge in [-0.15, -0.1) is 11.3 Å². The molecule has 3 aliphatic heterocycles. The van der Waals surface area contributed by atoms with E-state index in [1.54, 1.807) is 17.5 Å². The van der Waals surface area contributed by atoms with Gasteiger partial charge in [-0.05, 0) is 62.3 Å². The van der Waals surface area contributed by atoms with Crippen molar-refractivity contribution in [1.82, 2.24) is 24.6 Å². The number of thiazole rings is 1. The zero-order valence-corrected chi connectivity index (χ0v) is 31.1. The Balaban J connectivity index is 1.34. The molecule has 1 aromatic carbocycles. The van der Waals surface area contributed by atoms with Gasteiger partial charge < -0.3 is 24.5 Å². The highest BCUT2D eigenvalue weighted by atomic mass is 35.5. The molecule has 4 atom stereocenters. The third-order valence-corrected chi connectivity index (χ3v) is 12.3. The Hall–Kier alpha value is -2.69. The standard InChI is InChI=1S/C37H53ClN6O3S/c1-36(2,3)34(47)44(27-11-13-37(4,5)14-12-27)28-21-31(33(46)41-18-16-40(6)17-19-41)43(22-28)32(45)30-24-42(35-39-15-20-48-35)23-29(30)25-7-9-26(38)10-8-25/h7-10,15,20,27-31H,11-14,16-19,21-24H2,1-6H3/t28?,29-,30+,31-/m0/s1. The monoisotopic (exact) mass is 696 g/mol. The number of amides is 3. The van der Waals surface area contributed by atoms with E-state index in [0.29, 0.717) is 44.2 Å². The first-order valence-corrected chi connectivity index (χ1v) is 19.0. The first kappa shape index (κ1) is 35.1. The van der Waals surface area contributed by atoms with Gasteiger partial charge in [0.2, 0.25) is 17.7 Å². The zero-order chi connectivity index (χ0) is 34.4. The molecule has 11 heteroatoms. The summed E-state index contributed by atoms with van der Waals surface area (Å²) in [6.45, 7) is 15.1. The Labute approximate surface area is 295 Å². The van der Waals surface area contributed by atoms with Crippen molar-refractivity contribution in [2.75, 3.05) is 57.8 Å². The number of nitrogens with zero attached hydrogens (tertiary/aromatic N) is 6. The van der Waals surface area contributed by atoms with Crippen molar-refractivity contribution < 1.29 is 14.4 Å². The van der Waals surface area contributed by atoms with Crippen molar-refractivity contribution in [1.29, 1.82) is 0 Å². The van der Waals surface area contributed by atoms with Crippen LogP contribution in [-0.4, -0.2) is 113 Å². The van der Waals surface area contributed by atoms with Gasteiger partial charge in [-0.3, -0.25) is 14.4 Å². The van der Waals surface area contributed by atoms with Gasteiger partial charge in [0.05, 0.1) is 12.0 Å². The maximum absolute atomic E-state index is 15.0. The average Bonchev–Trinajstić information content (AvgIpc) is 3.82. The second-order valence-electron chi connectivity index (χ2n) is 16.4. The fourth-order valence-electron chi connectivity index (χ4n) is 8.25. The Morgan fingerprint density at radius 2 is 1.60 bits per heavy atom. The lowest BCUT2D eigenvalue weighted by molar-refractivity contribution is -0.147. The largest absolute Gasteiger partial charge is 0.347 e. The summed E-state index contributed by atoms with van der Waals surface area (Å²) in [6.07, 6.45) is 6.29. The predicted octanol–water partition coefficient (Wildman–Crippen LogP) is 5.60. The molecule has 9 nitrogen and oxygen atoms in total. The van der Waals surface area contributed by atoms with Gasteiger partial charge in [0, 0.05) is 79.8 Å². The van der Waals surface area contributed by atoms with Crippen LogP contribution in [0.1, 0.15) is 78.2 Å². The minimum Gasteiger partial charge on any atom is -0.347 e. The van der Waals surface area contributed by atoms with Crippen molar-refractivity contribution in [3.63, 3.8) is 0 Å². The highest BCUT2D eigenvalue weighted by Crippen LogP contribution is 2.42. The molecule has 0 radical (unpaired) electrons. The third-order valence-electron chi connectivity index (χ3n) is 11.3. The molecule has 0 bridgehead atoms. The van der Waals surface area contributed by atoms with E-state index in [2.05, 4.69) is 40.6 Å². The second kappa shape index (κ2) is 13.9. The minimum atomic E-state index is -0.596. The number of anilines is 1. The molecule has 262 valence electrons. The van der Waals surface area contributed by atoms with Crippen LogP contribution < -0.4 is 4.90 Å². The summed E-state index contributed by atoms with van der Waals surface area (Å²) in [5.74, 6) is -0.308. The summed E-state index contributed by atoms with van der Waals surface area (Å²) in [5, 5.41) is 3.52. The second-order valence-corrected chi connectivity index (χ2v) is 17.7. The lowest BCUT2D eigenvalue weighted by Crippen LogP contribution is -2.54. The lowest BCUT2D eigenvalue weighted by atomic mass is 9.74. The SMILES string of the molecule is CN1CCN(C(=O)[C@@H]2CC(N(C(=O)C(C)(C)C)C3CCC(C)(C)CC3)CN2C(=O)[C@@H]2CN(c3nccs3)C[C@H]2c2ccc(Cl)cc2)CC1. The topological polar surface area (TPSA) is 80.3 Å². The zero-order valence-electron chi connectivity index (χ0n) is 29.5. The molecule has 1 aromatic heterocycles. The van der Waals surface area contributed by atoms with Gasteiger partial charge in [-0.2, -0.15) is 0 Å². The van der Waals surface area contributed by atoms with Gasteiger partial charge in [-0.25, -0.2) is 4.98 Å². The first-order valence-electron chi connectivity index (χ1n) is 17.7. The number of hydrogen-bond acceptors (Lipinski definition) is 7. The fourth-order valence-corrected chi connectivity index (χ4v) is 9.04. The summed E-state index contributed by atoms with van der Waals surface area (Å²) in [5.41, 5.74) is 0.747. The van der Waals surface area contributed by atoms with Crippen LogP contribution >= 0.6 is 22.9 Å². The molecule has 3 amide bonds. The quantitative estimate of drug-likeness (QED) is 0.391. The van der Waals surface area contributed by atoms with Crippen molar-refractivity contribution in [2.45, 2.75) is 90.8 Å². The molecule has 2 aromatic rings. The highest BCUT2D eigenvalue weighted by Gasteiger charge is 2.51. The summed E-state index contributed by atoms with van der Waals surface area (Å²) >= 11 is 7.85. The number of halogens is 1. The van der Waals surface area contributed by atoms with Crippen molar-refractivity contribution in [3.8, 4) is 0 Å². The van der Waals surface area contributed by atoms with Crippen LogP contribution in [0, 0.1) is 16.7 Å². The summed E-state index contributed by atoms with van der Waals surface area (Å²) in [6, 6.07) is 7.12. The van der Waals surface area contributed by atoms with E-state index < -0.39 is 11.5 Å². The van der Waals surface area contributed by atoms with Gasteiger partial charge >= 0.3 is 0 Å². The van der Waals surface area contributed by atoms with Gasteiger partial charge in [0.15, 0.2) is 5.13 Å². The molecule has 1 unspecified atom stereocenters. The van der Waals surface area contributed by atoms with Crippen LogP contribution in [0.4, 0.5) is 5.13 Å². The number of hydrogen-bond donors (Lipinski definition) is 0. The third kappa shape index (κ3) is 7.41. The van der Waals surface area contributed by atoms with Crippen molar-refractivity contribution >= 4 is 45.8 Å². The van der Waals surface area contributed by atoms with Crippen molar-refractivity contribution in [2.24, 2.45) is 16.7 Å². The highest BCUT2D eigenvalue weighted by molar-refractivity contribution is 7.13.